The Balaban J connectivity index is 1.74. The second-order valence-corrected chi connectivity index (χ2v) is 9.57. The van der Waals surface area contributed by atoms with E-state index in [9.17, 15) is 26.4 Å². The summed E-state index contributed by atoms with van der Waals surface area (Å²) in [4.78, 5) is 12.1. The lowest BCUT2D eigenvalue weighted by Crippen LogP contribution is -2.22. The van der Waals surface area contributed by atoms with Gasteiger partial charge in [0.1, 0.15) is 17.3 Å². The van der Waals surface area contributed by atoms with E-state index in [0.717, 1.165) is 22.2 Å². The largest absolute Gasteiger partial charge is 0.487 e. The highest BCUT2D eigenvalue weighted by Crippen LogP contribution is 2.36. The lowest BCUT2D eigenvalue weighted by Gasteiger charge is -2.17. The number of para-hydroxylation sites is 1. The zero-order chi connectivity index (χ0) is 25.4. The molecule has 1 aromatic heterocycles. The predicted molar refractivity (Wildman–Crippen MR) is 126 cm³/mol. The maximum Gasteiger partial charge on any atom is 0.417 e. The van der Waals surface area contributed by atoms with E-state index in [-0.39, 0.29) is 23.7 Å². The summed E-state index contributed by atoms with van der Waals surface area (Å²) in [6, 6.07) is 18.8. The number of anilines is 1. The molecule has 0 saturated heterocycles. The highest BCUT2D eigenvalue weighted by molar-refractivity contribution is 7.90. The van der Waals surface area contributed by atoms with Gasteiger partial charge in [-0.15, -0.1) is 0 Å². The van der Waals surface area contributed by atoms with E-state index in [1.54, 1.807) is 55.6 Å². The van der Waals surface area contributed by atoms with Crippen LogP contribution in [-0.4, -0.2) is 25.3 Å². The summed E-state index contributed by atoms with van der Waals surface area (Å²) in [5.74, 6) is 0.253. The van der Waals surface area contributed by atoms with Crippen LogP contribution >= 0.6 is 0 Å². The van der Waals surface area contributed by atoms with Crippen molar-refractivity contribution in [2.24, 2.45) is 0 Å². The van der Waals surface area contributed by atoms with Gasteiger partial charge in [0.2, 0.25) is 5.91 Å². The topological polar surface area (TPSA) is 68.6 Å². The van der Waals surface area contributed by atoms with Crippen molar-refractivity contribution in [2.45, 2.75) is 24.6 Å². The number of aromatic nitrogens is 1. The third-order valence-electron chi connectivity index (χ3n) is 5.53. The summed E-state index contributed by atoms with van der Waals surface area (Å²) in [5, 5.41) is 0.539. The minimum Gasteiger partial charge on any atom is -0.487 e. The van der Waals surface area contributed by atoms with Crippen molar-refractivity contribution in [2.75, 3.05) is 11.9 Å². The lowest BCUT2D eigenvalue weighted by molar-refractivity contribution is -0.139. The number of amides is 1. The number of nitrogens with zero attached hydrogens (tertiary/aromatic N) is 2. The Morgan fingerprint density at radius 1 is 0.971 bits per heavy atom. The van der Waals surface area contributed by atoms with Crippen LogP contribution in [0.1, 0.15) is 18.2 Å². The molecule has 0 aliphatic rings. The van der Waals surface area contributed by atoms with E-state index in [1.165, 1.54) is 24.0 Å². The maximum absolute atomic E-state index is 13.6. The number of carbonyl (C=O) groups is 1. The van der Waals surface area contributed by atoms with Gasteiger partial charge in [-0.2, -0.15) is 13.2 Å². The van der Waals surface area contributed by atoms with Gasteiger partial charge in [-0.25, -0.2) is 12.4 Å². The molecular weight excluding hydrogens is 481 g/mol. The van der Waals surface area contributed by atoms with Crippen molar-refractivity contribution in [3.05, 3.63) is 90.1 Å². The summed E-state index contributed by atoms with van der Waals surface area (Å²) in [6.07, 6.45) is -4.85. The Morgan fingerprint density at radius 3 is 2.26 bits per heavy atom. The summed E-state index contributed by atoms with van der Waals surface area (Å²) >= 11 is 0. The molecule has 0 saturated carbocycles. The number of carbonyl (C=O) groups excluding carboxylic acids is 1. The molecule has 0 N–H and O–H groups in total. The van der Waals surface area contributed by atoms with Crippen molar-refractivity contribution in [3.8, 4) is 5.75 Å². The van der Waals surface area contributed by atoms with E-state index in [1.807, 2.05) is 0 Å². The van der Waals surface area contributed by atoms with Crippen molar-refractivity contribution >= 4 is 32.5 Å². The summed E-state index contributed by atoms with van der Waals surface area (Å²) in [5.41, 5.74) is -0.199. The average Bonchev–Trinajstić information content (AvgIpc) is 3.21. The predicted octanol–water partition coefficient (Wildman–Crippen LogP) is 5.46. The van der Waals surface area contributed by atoms with E-state index in [2.05, 4.69) is 0 Å². The molecule has 35 heavy (non-hydrogen) atoms. The zero-order valence-corrected chi connectivity index (χ0v) is 19.6. The third kappa shape index (κ3) is 4.74. The SMILES string of the molecule is CC(=O)N(C)c1ccc(OCc2cc3ccccc3n2S(=O)(=O)c2ccccc2C(F)(F)F)cc1. The lowest BCUT2D eigenvalue weighted by atomic mass is 10.2. The van der Waals surface area contributed by atoms with Crippen LogP contribution < -0.4 is 9.64 Å². The molecule has 6 nitrogen and oxygen atoms in total. The molecule has 0 unspecified atom stereocenters. The Hall–Kier alpha value is -3.79. The van der Waals surface area contributed by atoms with Crippen LogP contribution in [0.25, 0.3) is 10.9 Å². The van der Waals surface area contributed by atoms with E-state index in [4.69, 9.17) is 4.74 Å². The van der Waals surface area contributed by atoms with Crippen LogP contribution in [0.15, 0.2) is 83.8 Å². The third-order valence-corrected chi connectivity index (χ3v) is 7.36. The van der Waals surface area contributed by atoms with Crippen LogP contribution in [0.4, 0.5) is 18.9 Å². The number of benzene rings is 3. The second-order valence-electron chi connectivity index (χ2n) is 7.82. The summed E-state index contributed by atoms with van der Waals surface area (Å²) < 4.78 is 74.7. The fourth-order valence-corrected chi connectivity index (χ4v) is 5.45. The van der Waals surface area contributed by atoms with Crippen LogP contribution in [0.5, 0.6) is 5.75 Å². The van der Waals surface area contributed by atoms with Crippen LogP contribution in [0, 0.1) is 0 Å². The molecule has 0 aliphatic heterocycles. The van der Waals surface area contributed by atoms with Gasteiger partial charge in [0.05, 0.1) is 16.8 Å². The zero-order valence-electron chi connectivity index (χ0n) is 18.8. The Kier molecular flexibility index (Phi) is 6.33. The number of fused-ring (bicyclic) bond motifs is 1. The molecule has 10 heteroatoms. The molecule has 4 aromatic rings. The average molecular weight is 503 g/mol. The van der Waals surface area contributed by atoms with Gasteiger partial charge in [-0.3, -0.25) is 4.79 Å². The van der Waals surface area contributed by atoms with Crippen LogP contribution in [0.2, 0.25) is 0 Å². The van der Waals surface area contributed by atoms with Gasteiger partial charge in [0, 0.05) is 25.0 Å². The van der Waals surface area contributed by atoms with Crippen LogP contribution in [0.3, 0.4) is 0 Å². The highest BCUT2D eigenvalue weighted by atomic mass is 32.2. The number of hydrogen-bond donors (Lipinski definition) is 0. The molecule has 3 aromatic carbocycles. The van der Waals surface area contributed by atoms with E-state index < -0.39 is 26.7 Å². The molecule has 0 fully saturated rings. The highest BCUT2D eigenvalue weighted by Gasteiger charge is 2.38. The van der Waals surface area contributed by atoms with E-state index >= 15 is 0 Å². The van der Waals surface area contributed by atoms with Gasteiger partial charge in [0.25, 0.3) is 10.0 Å². The first-order valence-electron chi connectivity index (χ1n) is 10.5. The number of halogens is 3. The number of hydrogen-bond acceptors (Lipinski definition) is 4. The van der Waals surface area contributed by atoms with Crippen molar-refractivity contribution in [3.63, 3.8) is 0 Å². The normalized spacial score (nSPS) is 12.0. The fraction of sp³-hybridized carbons (Fsp3) is 0.160. The molecule has 0 radical (unpaired) electrons. The van der Waals surface area contributed by atoms with Crippen molar-refractivity contribution in [1.29, 1.82) is 0 Å². The molecule has 0 aliphatic carbocycles. The minimum absolute atomic E-state index is 0.146. The summed E-state index contributed by atoms with van der Waals surface area (Å²) in [6.45, 7) is 1.21. The Morgan fingerprint density at radius 2 is 1.60 bits per heavy atom. The maximum atomic E-state index is 13.6. The van der Waals surface area contributed by atoms with Crippen molar-refractivity contribution < 1.29 is 31.1 Å². The number of rotatable bonds is 6. The molecule has 4 rings (SSSR count). The van der Waals surface area contributed by atoms with Gasteiger partial charge in [-0.1, -0.05) is 30.3 Å². The first-order chi connectivity index (χ1) is 16.5. The molecule has 182 valence electrons. The van der Waals surface area contributed by atoms with Gasteiger partial charge in [-0.05, 0) is 48.5 Å². The Labute approximate surface area is 200 Å². The summed E-state index contributed by atoms with van der Waals surface area (Å²) in [7, 11) is -3.00. The monoisotopic (exact) mass is 502 g/mol. The molecule has 1 heterocycles. The smallest absolute Gasteiger partial charge is 0.417 e. The van der Waals surface area contributed by atoms with Gasteiger partial charge < -0.3 is 9.64 Å². The standard InChI is InChI=1S/C25H21F3N2O4S/c1-17(31)29(2)19-11-13-21(14-12-19)34-16-20-15-18-7-3-5-9-23(18)30(20)35(32,33)24-10-6-4-8-22(24)25(26,27)28/h3-15H,16H2,1-2H3. The molecule has 1 amide bonds. The first kappa shape index (κ1) is 24.3. The molecule has 0 bridgehead atoms. The second kappa shape index (κ2) is 9.10. The Bertz CT molecular complexity index is 1490. The van der Waals surface area contributed by atoms with E-state index in [0.29, 0.717) is 16.8 Å². The number of alkyl halides is 3. The van der Waals surface area contributed by atoms with Crippen LogP contribution in [-0.2, 0) is 27.6 Å². The molecule has 0 atom stereocenters. The quantitative estimate of drug-likeness (QED) is 0.351. The van der Waals surface area contributed by atoms with Crippen molar-refractivity contribution in [1.82, 2.24) is 3.97 Å². The minimum atomic E-state index is -4.85. The molecule has 0 spiro atoms. The first-order valence-corrected chi connectivity index (χ1v) is 11.9. The van der Waals surface area contributed by atoms with Gasteiger partial charge >= 0.3 is 6.18 Å². The fourth-order valence-electron chi connectivity index (χ4n) is 3.70. The number of ether oxygens (including phenoxy) is 1. The molecular formula is C25H21F3N2O4S. The van der Waals surface area contributed by atoms with Gasteiger partial charge in [0.15, 0.2) is 0 Å².